The molecule has 0 unspecified atom stereocenters. The highest BCUT2D eigenvalue weighted by Crippen LogP contribution is 2.42. The van der Waals surface area contributed by atoms with Gasteiger partial charge in [-0.25, -0.2) is 0 Å². The Morgan fingerprint density at radius 3 is 2.78 bits per heavy atom. The number of nitrogens with zero attached hydrogens (tertiary/aromatic N) is 4. The van der Waals surface area contributed by atoms with E-state index in [0.29, 0.717) is 17.4 Å². The molecule has 0 radical (unpaired) electrons. The van der Waals surface area contributed by atoms with E-state index in [1.807, 2.05) is 25.1 Å². The van der Waals surface area contributed by atoms with Crippen LogP contribution in [0, 0.1) is 24.0 Å². The van der Waals surface area contributed by atoms with Crippen LogP contribution in [0.5, 0.6) is 5.75 Å². The number of hydrogen-bond acceptors (Lipinski definition) is 6. The molecule has 2 aliphatic rings. The number of methoxy groups -OCH3 is 1. The predicted molar refractivity (Wildman–Crippen MR) is 140 cm³/mol. The Labute approximate surface area is 215 Å². The summed E-state index contributed by atoms with van der Waals surface area (Å²) >= 11 is 5.82. The van der Waals surface area contributed by atoms with Crippen LogP contribution in [0.15, 0.2) is 48.7 Å². The third kappa shape index (κ3) is 4.31. The third-order valence-corrected chi connectivity index (χ3v) is 7.38. The molecular formula is C26H29N5O4S. The lowest BCUT2D eigenvalue weighted by Crippen LogP contribution is -2.36. The van der Waals surface area contributed by atoms with Crippen LogP contribution in [-0.2, 0) is 4.74 Å². The van der Waals surface area contributed by atoms with Gasteiger partial charge in [0.15, 0.2) is 5.11 Å². The summed E-state index contributed by atoms with van der Waals surface area (Å²) in [6, 6.07) is 12.5. The molecule has 0 bridgehead atoms. The first-order valence-electron chi connectivity index (χ1n) is 12.0. The molecule has 10 heteroatoms. The van der Waals surface area contributed by atoms with E-state index in [-0.39, 0.29) is 23.9 Å². The van der Waals surface area contributed by atoms with E-state index in [1.165, 1.54) is 19.2 Å². The molecule has 3 atom stereocenters. The van der Waals surface area contributed by atoms with Crippen LogP contribution >= 0.6 is 12.2 Å². The van der Waals surface area contributed by atoms with Gasteiger partial charge in [0, 0.05) is 36.8 Å². The first-order valence-corrected chi connectivity index (χ1v) is 12.4. The fraction of sp³-hybridized carbons (Fsp3) is 0.385. The molecule has 0 amide bonds. The van der Waals surface area contributed by atoms with Gasteiger partial charge in [-0.15, -0.1) is 0 Å². The number of nitro groups is 1. The first-order chi connectivity index (χ1) is 17.4. The maximum atomic E-state index is 11.3. The highest BCUT2D eigenvalue weighted by Gasteiger charge is 2.42. The van der Waals surface area contributed by atoms with E-state index >= 15 is 0 Å². The second-order valence-electron chi connectivity index (χ2n) is 9.19. The Morgan fingerprint density at radius 2 is 2.11 bits per heavy atom. The summed E-state index contributed by atoms with van der Waals surface area (Å²) in [6.45, 7) is 5.56. The highest BCUT2D eigenvalue weighted by atomic mass is 32.1. The number of nitrogens with one attached hydrogen (secondary N) is 1. The normalized spacial score (nSPS) is 21.6. The van der Waals surface area contributed by atoms with Gasteiger partial charge < -0.3 is 24.3 Å². The second kappa shape index (κ2) is 9.87. The molecule has 188 valence electrons. The number of aromatic nitrogens is 2. The van der Waals surface area contributed by atoms with Crippen molar-refractivity contribution in [3.05, 3.63) is 81.4 Å². The van der Waals surface area contributed by atoms with E-state index in [0.717, 1.165) is 47.8 Å². The summed E-state index contributed by atoms with van der Waals surface area (Å²) < 4.78 is 13.6. The van der Waals surface area contributed by atoms with E-state index < -0.39 is 4.92 Å². The van der Waals surface area contributed by atoms with E-state index in [1.54, 1.807) is 12.3 Å². The van der Waals surface area contributed by atoms with Crippen molar-refractivity contribution in [3.8, 4) is 11.4 Å². The molecule has 2 aromatic heterocycles. The molecule has 36 heavy (non-hydrogen) atoms. The second-order valence-corrected chi connectivity index (χ2v) is 9.58. The number of benzene rings is 1. The lowest BCUT2D eigenvalue weighted by molar-refractivity contribution is -0.384. The van der Waals surface area contributed by atoms with Gasteiger partial charge in [0.25, 0.3) is 5.69 Å². The predicted octanol–water partition coefficient (Wildman–Crippen LogP) is 4.56. The molecule has 2 saturated heterocycles. The first kappa shape index (κ1) is 24.2. The van der Waals surface area contributed by atoms with Crippen LogP contribution in [0.1, 0.15) is 47.6 Å². The Morgan fingerprint density at radius 1 is 1.28 bits per heavy atom. The summed E-state index contributed by atoms with van der Waals surface area (Å²) in [5.74, 6) is 0.440. The van der Waals surface area contributed by atoms with Crippen molar-refractivity contribution in [3.63, 3.8) is 0 Å². The molecule has 9 nitrogen and oxygen atoms in total. The van der Waals surface area contributed by atoms with Gasteiger partial charge >= 0.3 is 0 Å². The van der Waals surface area contributed by atoms with Crippen molar-refractivity contribution in [1.29, 1.82) is 0 Å². The van der Waals surface area contributed by atoms with Crippen LogP contribution < -0.4 is 10.1 Å². The van der Waals surface area contributed by atoms with Gasteiger partial charge in [-0.1, -0.05) is 6.07 Å². The van der Waals surface area contributed by atoms with Crippen LogP contribution in [-0.4, -0.2) is 50.9 Å². The van der Waals surface area contributed by atoms with Gasteiger partial charge in [0.2, 0.25) is 0 Å². The Kier molecular flexibility index (Phi) is 6.63. The number of thiocarbonyl (C=S) groups is 1. The summed E-state index contributed by atoms with van der Waals surface area (Å²) in [7, 11) is 1.53. The highest BCUT2D eigenvalue weighted by molar-refractivity contribution is 7.80. The largest absolute Gasteiger partial charge is 0.494 e. The SMILES string of the molecule is COc1cc([N+](=O)[O-])ccc1-n1c(C)cc([C@@H]2[C@H](c3ccccn3)NC(=S)N2C[C@@H]2CCCO2)c1C. The van der Waals surface area contributed by atoms with E-state index in [2.05, 4.69) is 32.8 Å². The molecule has 1 aromatic carbocycles. The summed E-state index contributed by atoms with van der Waals surface area (Å²) in [4.78, 5) is 17.8. The zero-order valence-electron chi connectivity index (χ0n) is 20.5. The molecule has 1 N–H and O–H groups in total. The molecule has 0 aliphatic carbocycles. The average molecular weight is 508 g/mol. The molecule has 3 aromatic rings. The minimum Gasteiger partial charge on any atom is -0.494 e. The van der Waals surface area contributed by atoms with Crippen molar-refractivity contribution in [2.75, 3.05) is 20.3 Å². The van der Waals surface area contributed by atoms with Crippen molar-refractivity contribution in [2.24, 2.45) is 0 Å². The molecule has 5 rings (SSSR count). The number of pyridine rings is 1. The summed E-state index contributed by atoms with van der Waals surface area (Å²) in [5, 5.41) is 15.5. The van der Waals surface area contributed by atoms with Crippen molar-refractivity contribution in [2.45, 2.75) is 44.9 Å². The van der Waals surface area contributed by atoms with Crippen LogP contribution in [0.4, 0.5) is 5.69 Å². The fourth-order valence-corrected chi connectivity index (χ4v) is 5.69. The van der Waals surface area contributed by atoms with Crippen LogP contribution in [0.25, 0.3) is 5.69 Å². The number of ether oxygens (including phenoxy) is 2. The lowest BCUT2D eigenvalue weighted by Gasteiger charge is -2.30. The maximum Gasteiger partial charge on any atom is 0.273 e. The molecule has 2 aliphatic heterocycles. The van der Waals surface area contributed by atoms with E-state index in [4.69, 9.17) is 21.7 Å². The van der Waals surface area contributed by atoms with Crippen LogP contribution in [0.2, 0.25) is 0 Å². The minimum atomic E-state index is -0.418. The van der Waals surface area contributed by atoms with Crippen molar-refractivity contribution in [1.82, 2.24) is 19.8 Å². The number of non-ortho nitro benzene ring substituents is 1. The Hall–Kier alpha value is -3.50. The van der Waals surface area contributed by atoms with Gasteiger partial charge in [-0.2, -0.15) is 0 Å². The lowest BCUT2D eigenvalue weighted by atomic mass is 9.96. The Bertz CT molecular complexity index is 1290. The van der Waals surface area contributed by atoms with Gasteiger partial charge in [-0.3, -0.25) is 15.1 Å². The summed E-state index contributed by atoms with van der Waals surface area (Å²) in [6.07, 6.45) is 4.00. The van der Waals surface area contributed by atoms with Gasteiger partial charge in [0.05, 0.1) is 47.7 Å². The third-order valence-electron chi connectivity index (χ3n) is 7.03. The van der Waals surface area contributed by atoms with E-state index in [9.17, 15) is 10.1 Å². The molecule has 0 saturated carbocycles. The fourth-order valence-electron chi connectivity index (χ4n) is 5.37. The number of hydrogen-bond donors (Lipinski definition) is 1. The van der Waals surface area contributed by atoms with Crippen molar-refractivity contribution >= 4 is 23.0 Å². The van der Waals surface area contributed by atoms with Gasteiger partial charge in [-0.05, 0) is 68.7 Å². The average Bonchev–Trinajstić information content (AvgIpc) is 3.58. The Balaban J connectivity index is 1.61. The minimum absolute atomic E-state index is 0.0124. The topological polar surface area (TPSA) is 94.7 Å². The summed E-state index contributed by atoms with van der Waals surface area (Å²) in [5.41, 5.74) is 4.75. The zero-order valence-corrected chi connectivity index (χ0v) is 21.3. The number of rotatable bonds is 7. The monoisotopic (exact) mass is 507 g/mol. The van der Waals surface area contributed by atoms with Gasteiger partial charge in [0.1, 0.15) is 5.75 Å². The zero-order chi connectivity index (χ0) is 25.4. The molecular weight excluding hydrogens is 478 g/mol. The molecule has 0 spiro atoms. The molecule has 2 fully saturated rings. The number of nitro benzene ring substituents is 1. The molecule has 4 heterocycles. The smallest absolute Gasteiger partial charge is 0.273 e. The van der Waals surface area contributed by atoms with Crippen LogP contribution in [0.3, 0.4) is 0 Å². The quantitative estimate of drug-likeness (QED) is 0.283. The number of aryl methyl sites for hydroxylation is 1. The maximum absolute atomic E-state index is 11.3. The standard InChI is InChI=1S/C26H29N5O4S/c1-16-13-20(17(2)30(16)22-10-9-18(31(32)33)14-23(22)34-3)25-24(21-8-4-5-11-27-21)28-26(36)29(25)15-19-7-6-12-35-19/h4-5,8-11,13-14,19,24-25H,6-7,12,15H2,1-3H3,(H,28,36)/t19-,24-,25+/m0/s1. The van der Waals surface area contributed by atoms with Crippen molar-refractivity contribution < 1.29 is 14.4 Å².